The lowest BCUT2D eigenvalue weighted by Gasteiger charge is -2.24. The SMILES string of the molecule is COCOc1ccccc1C(CO)NC(=O)OC(C)(C)C. The molecule has 1 aromatic rings. The van der Waals surface area contributed by atoms with Gasteiger partial charge < -0.3 is 24.6 Å². The predicted molar refractivity (Wildman–Crippen MR) is 78.1 cm³/mol. The van der Waals surface area contributed by atoms with E-state index in [0.29, 0.717) is 11.3 Å². The molecule has 0 radical (unpaired) electrons. The highest BCUT2D eigenvalue weighted by atomic mass is 16.7. The zero-order chi connectivity index (χ0) is 15.9. The molecule has 0 aromatic heterocycles. The molecule has 118 valence electrons. The number of carbonyl (C=O) groups excluding carboxylic acids is 1. The number of para-hydroxylation sites is 1. The third-order valence-electron chi connectivity index (χ3n) is 2.50. The number of aliphatic hydroxyl groups excluding tert-OH is 1. The normalized spacial score (nSPS) is 12.6. The van der Waals surface area contributed by atoms with E-state index in [1.54, 1.807) is 45.0 Å². The van der Waals surface area contributed by atoms with Crippen molar-refractivity contribution in [3.05, 3.63) is 29.8 Å². The van der Waals surface area contributed by atoms with Gasteiger partial charge in [0.1, 0.15) is 11.4 Å². The number of amides is 1. The summed E-state index contributed by atoms with van der Waals surface area (Å²) in [5.41, 5.74) is 0.0544. The lowest BCUT2D eigenvalue weighted by Crippen LogP contribution is -2.36. The van der Waals surface area contributed by atoms with Crippen LogP contribution in [0, 0.1) is 0 Å². The summed E-state index contributed by atoms with van der Waals surface area (Å²) < 4.78 is 15.5. The van der Waals surface area contributed by atoms with Crippen molar-refractivity contribution < 1.29 is 24.1 Å². The maximum atomic E-state index is 11.8. The molecule has 6 nitrogen and oxygen atoms in total. The first-order valence-electron chi connectivity index (χ1n) is 6.68. The van der Waals surface area contributed by atoms with E-state index in [4.69, 9.17) is 14.2 Å². The van der Waals surface area contributed by atoms with Crippen LogP contribution in [-0.4, -0.2) is 37.3 Å². The number of benzene rings is 1. The molecule has 0 aliphatic carbocycles. The highest BCUT2D eigenvalue weighted by molar-refractivity contribution is 5.68. The molecule has 0 heterocycles. The van der Waals surface area contributed by atoms with Crippen LogP contribution in [0.5, 0.6) is 5.75 Å². The molecule has 0 fully saturated rings. The Morgan fingerprint density at radius 3 is 2.57 bits per heavy atom. The zero-order valence-electron chi connectivity index (χ0n) is 12.9. The molecule has 1 unspecified atom stereocenters. The van der Waals surface area contributed by atoms with E-state index >= 15 is 0 Å². The number of methoxy groups -OCH3 is 1. The summed E-state index contributed by atoms with van der Waals surface area (Å²) in [5, 5.41) is 12.1. The molecule has 1 rings (SSSR count). The van der Waals surface area contributed by atoms with Gasteiger partial charge in [-0.05, 0) is 26.8 Å². The number of aliphatic hydroxyl groups is 1. The predicted octanol–water partition coefficient (Wildman–Crippen LogP) is 2.23. The lowest BCUT2D eigenvalue weighted by molar-refractivity contribution is 0.0453. The van der Waals surface area contributed by atoms with Gasteiger partial charge in [-0.1, -0.05) is 18.2 Å². The fraction of sp³-hybridized carbons (Fsp3) is 0.533. The molecule has 1 atom stereocenters. The average molecular weight is 297 g/mol. The van der Waals surface area contributed by atoms with Gasteiger partial charge in [0.2, 0.25) is 0 Å². The zero-order valence-corrected chi connectivity index (χ0v) is 12.9. The molecular formula is C15H23NO5. The van der Waals surface area contributed by atoms with Crippen molar-refractivity contribution in [2.45, 2.75) is 32.4 Å². The van der Waals surface area contributed by atoms with E-state index in [-0.39, 0.29) is 13.4 Å². The highest BCUT2D eigenvalue weighted by Crippen LogP contribution is 2.25. The van der Waals surface area contributed by atoms with Crippen LogP contribution in [0.2, 0.25) is 0 Å². The van der Waals surface area contributed by atoms with Crippen molar-refractivity contribution in [3.63, 3.8) is 0 Å². The smallest absolute Gasteiger partial charge is 0.408 e. The van der Waals surface area contributed by atoms with Gasteiger partial charge in [-0.25, -0.2) is 4.79 Å². The van der Waals surface area contributed by atoms with Crippen molar-refractivity contribution in [1.29, 1.82) is 0 Å². The molecule has 0 spiro atoms. The first-order valence-corrected chi connectivity index (χ1v) is 6.68. The molecular weight excluding hydrogens is 274 g/mol. The van der Waals surface area contributed by atoms with Crippen molar-refractivity contribution in [3.8, 4) is 5.75 Å². The molecule has 0 aliphatic rings. The second kappa shape index (κ2) is 7.85. The second-order valence-corrected chi connectivity index (χ2v) is 5.47. The van der Waals surface area contributed by atoms with Crippen LogP contribution in [0.15, 0.2) is 24.3 Å². The first-order chi connectivity index (χ1) is 9.87. The Morgan fingerprint density at radius 2 is 2.00 bits per heavy atom. The van der Waals surface area contributed by atoms with Crippen molar-refractivity contribution in [1.82, 2.24) is 5.32 Å². The van der Waals surface area contributed by atoms with Crippen LogP contribution < -0.4 is 10.1 Å². The van der Waals surface area contributed by atoms with E-state index in [9.17, 15) is 9.90 Å². The highest BCUT2D eigenvalue weighted by Gasteiger charge is 2.22. The topological polar surface area (TPSA) is 77.0 Å². The minimum Gasteiger partial charge on any atom is -0.467 e. The summed E-state index contributed by atoms with van der Waals surface area (Å²) in [6.45, 7) is 5.14. The van der Waals surface area contributed by atoms with Crippen LogP contribution in [-0.2, 0) is 9.47 Å². The summed E-state index contributed by atoms with van der Waals surface area (Å²) in [7, 11) is 1.52. The second-order valence-electron chi connectivity index (χ2n) is 5.47. The Bertz CT molecular complexity index is 456. The molecule has 1 aromatic carbocycles. The number of hydrogen-bond donors (Lipinski definition) is 2. The molecule has 1 amide bonds. The number of hydrogen-bond acceptors (Lipinski definition) is 5. The molecule has 0 saturated heterocycles. The molecule has 0 bridgehead atoms. The number of carbonyl (C=O) groups is 1. The summed E-state index contributed by atoms with van der Waals surface area (Å²) in [4.78, 5) is 11.8. The molecule has 0 aliphatic heterocycles. The average Bonchev–Trinajstić information content (AvgIpc) is 2.41. The summed E-state index contributed by atoms with van der Waals surface area (Å²) >= 11 is 0. The van der Waals surface area contributed by atoms with E-state index in [0.717, 1.165) is 0 Å². The van der Waals surface area contributed by atoms with Crippen molar-refractivity contribution in [2.24, 2.45) is 0 Å². The maximum Gasteiger partial charge on any atom is 0.408 e. The Hall–Kier alpha value is -1.79. The largest absolute Gasteiger partial charge is 0.467 e. The summed E-state index contributed by atoms with van der Waals surface area (Å²) in [5.74, 6) is 0.537. The van der Waals surface area contributed by atoms with Gasteiger partial charge in [0.25, 0.3) is 0 Å². The monoisotopic (exact) mass is 297 g/mol. The van der Waals surface area contributed by atoms with E-state index < -0.39 is 17.7 Å². The van der Waals surface area contributed by atoms with Gasteiger partial charge in [-0.15, -0.1) is 0 Å². The summed E-state index contributed by atoms with van der Waals surface area (Å²) in [6.07, 6.45) is -0.594. The fourth-order valence-corrected chi connectivity index (χ4v) is 1.69. The van der Waals surface area contributed by atoms with Gasteiger partial charge >= 0.3 is 6.09 Å². The fourth-order valence-electron chi connectivity index (χ4n) is 1.69. The van der Waals surface area contributed by atoms with Gasteiger partial charge in [0, 0.05) is 12.7 Å². The van der Waals surface area contributed by atoms with Crippen LogP contribution >= 0.6 is 0 Å². The number of rotatable bonds is 6. The van der Waals surface area contributed by atoms with Gasteiger partial charge in [0.05, 0.1) is 12.6 Å². The Kier molecular flexibility index (Phi) is 6.45. The minimum absolute atomic E-state index is 0.0849. The number of nitrogens with one attached hydrogen (secondary N) is 1. The van der Waals surface area contributed by atoms with Crippen LogP contribution in [0.4, 0.5) is 4.79 Å². The Labute approximate surface area is 125 Å². The van der Waals surface area contributed by atoms with Crippen LogP contribution in [0.1, 0.15) is 32.4 Å². The molecule has 21 heavy (non-hydrogen) atoms. The van der Waals surface area contributed by atoms with E-state index in [2.05, 4.69) is 5.32 Å². The first kappa shape index (κ1) is 17.3. The lowest BCUT2D eigenvalue weighted by atomic mass is 10.1. The third-order valence-corrected chi connectivity index (χ3v) is 2.50. The molecule has 6 heteroatoms. The van der Waals surface area contributed by atoms with E-state index in [1.165, 1.54) is 7.11 Å². The van der Waals surface area contributed by atoms with Crippen LogP contribution in [0.25, 0.3) is 0 Å². The molecule has 2 N–H and O–H groups in total. The minimum atomic E-state index is -0.618. The molecule has 0 saturated carbocycles. The van der Waals surface area contributed by atoms with Gasteiger partial charge in [-0.2, -0.15) is 0 Å². The maximum absolute atomic E-state index is 11.8. The standard InChI is InChI=1S/C15H23NO5/c1-15(2,3)21-14(18)16-12(9-17)11-7-5-6-8-13(11)20-10-19-4/h5-8,12,17H,9-10H2,1-4H3,(H,16,18). The Balaban J connectivity index is 2.82. The van der Waals surface area contributed by atoms with Crippen molar-refractivity contribution in [2.75, 3.05) is 20.5 Å². The number of ether oxygens (including phenoxy) is 3. The van der Waals surface area contributed by atoms with Gasteiger partial charge in [0.15, 0.2) is 6.79 Å². The van der Waals surface area contributed by atoms with E-state index in [1.807, 2.05) is 0 Å². The Morgan fingerprint density at radius 1 is 1.33 bits per heavy atom. The van der Waals surface area contributed by atoms with Gasteiger partial charge in [-0.3, -0.25) is 0 Å². The summed E-state index contributed by atoms with van der Waals surface area (Å²) in [6, 6.07) is 6.50. The van der Waals surface area contributed by atoms with Crippen LogP contribution in [0.3, 0.4) is 0 Å². The number of alkyl carbamates (subject to hydrolysis) is 1. The van der Waals surface area contributed by atoms with Crippen molar-refractivity contribution >= 4 is 6.09 Å². The third kappa shape index (κ3) is 6.01. The quantitative estimate of drug-likeness (QED) is 0.787.